The average molecular weight is 437 g/mol. The predicted molar refractivity (Wildman–Crippen MR) is 124 cm³/mol. The normalized spacial score (nSPS) is 15.9. The van der Waals surface area contributed by atoms with Crippen LogP contribution in [0, 0.1) is 6.92 Å². The lowest BCUT2D eigenvalue weighted by Gasteiger charge is -2.38. The minimum Gasteiger partial charge on any atom is -0.493 e. The van der Waals surface area contributed by atoms with Crippen LogP contribution in [0.4, 0.5) is 0 Å². The number of fused-ring (bicyclic) bond motifs is 1. The molecule has 0 aliphatic carbocycles. The van der Waals surface area contributed by atoms with Crippen molar-refractivity contribution in [1.82, 2.24) is 10.2 Å². The second kappa shape index (κ2) is 9.54. The summed E-state index contributed by atoms with van der Waals surface area (Å²) in [6.07, 6.45) is 0.928. The first-order valence-electron chi connectivity index (χ1n) is 10.5. The number of ether oxygens (including phenoxy) is 2. The summed E-state index contributed by atoms with van der Waals surface area (Å²) < 4.78 is 11.1. The maximum atomic E-state index is 12.6. The number of nitrogens with one attached hydrogen (secondary N) is 1. The number of carbonyl (C=O) groups excluding carboxylic acids is 1. The van der Waals surface area contributed by atoms with Crippen LogP contribution in [0.1, 0.15) is 38.0 Å². The molecule has 2 heterocycles. The summed E-state index contributed by atoms with van der Waals surface area (Å²) in [5.41, 5.74) is 5.01. The number of benzene rings is 2. The quantitative estimate of drug-likeness (QED) is 0.588. The number of hydrogen-bond acceptors (Lipinski definition) is 5. The number of nitrogens with zero attached hydrogens (tertiary/aromatic N) is 1. The third kappa shape index (κ3) is 4.60. The highest BCUT2D eigenvalue weighted by Crippen LogP contribution is 2.38. The van der Waals surface area contributed by atoms with Crippen LogP contribution >= 0.6 is 11.3 Å². The molecule has 0 saturated carbocycles. The number of amides is 1. The molecule has 0 spiro atoms. The second-order valence-corrected chi connectivity index (χ2v) is 8.70. The van der Waals surface area contributed by atoms with Crippen LogP contribution in [0.5, 0.6) is 11.5 Å². The SMILES string of the molecule is COc1cc2c(cc1OC)[C@@H](CNC(=O)c1cccs1)N(Cc1ccccc1C)CC2. The first kappa shape index (κ1) is 21.4. The van der Waals surface area contributed by atoms with Gasteiger partial charge in [0.15, 0.2) is 11.5 Å². The van der Waals surface area contributed by atoms with Gasteiger partial charge in [0.1, 0.15) is 0 Å². The molecular weight excluding hydrogens is 408 g/mol. The van der Waals surface area contributed by atoms with Gasteiger partial charge in [-0.25, -0.2) is 0 Å². The van der Waals surface area contributed by atoms with E-state index < -0.39 is 0 Å². The van der Waals surface area contributed by atoms with Gasteiger partial charge in [0.2, 0.25) is 0 Å². The highest BCUT2D eigenvalue weighted by Gasteiger charge is 2.30. The summed E-state index contributed by atoms with van der Waals surface area (Å²) in [5.74, 6) is 1.43. The Hall–Kier alpha value is -2.83. The van der Waals surface area contributed by atoms with Gasteiger partial charge in [-0.2, -0.15) is 0 Å². The Bertz CT molecular complexity index is 1050. The second-order valence-electron chi connectivity index (χ2n) is 7.76. The fraction of sp³-hybridized carbons (Fsp3) is 0.320. The van der Waals surface area contributed by atoms with Crippen molar-refractivity contribution in [2.45, 2.75) is 25.9 Å². The van der Waals surface area contributed by atoms with Gasteiger partial charge >= 0.3 is 0 Å². The Kier molecular flexibility index (Phi) is 6.59. The van der Waals surface area contributed by atoms with Crippen molar-refractivity contribution in [2.75, 3.05) is 27.3 Å². The smallest absolute Gasteiger partial charge is 0.261 e. The van der Waals surface area contributed by atoms with Crippen LogP contribution in [0.2, 0.25) is 0 Å². The van der Waals surface area contributed by atoms with E-state index in [2.05, 4.69) is 53.5 Å². The van der Waals surface area contributed by atoms with Crippen molar-refractivity contribution >= 4 is 17.2 Å². The maximum absolute atomic E-state index is 12.6. The van der Waals surface area contributed by atoms with E-state index in [4.69, 9.17) is 9.47 Å². The number of carbonyl (C=O) groups is 1. The maximum Gasteiger partial charge on any atom is 0.261 e. The molecule has 0 bridgehead atoms. The van der Waals surface area contributed by atoms with Gasteiger partial charge in [0, 0.05) is 19.6 Å². The van der Waals surface area contributed by atoms with Crippen LogP contribution in [0.15, 0.2) is 53.9 Å². The molecule has 0 fully saturated rings. The predicted octanol–water partition coefficient (Wildman–Crippen LogP) is 4.60. The third-order valence-corrected chi connectivity index (χ3v) is 6.82. The first-order chi connectivity index (χ1) is 15.1. The molecule has 6 heteroatoms. The van der Waals surface area contributed by atoms with Gasteiger partial charge in [-0.15, -0.1) is 11.3 Å². The number of thiophene rings is 1. The first-order valence-corrected chi connectivity index (χ1v) is 11.3. The van der Waals surface area contributed by atoms with Gasteiger partial charge in [-0.3, -0.25) is 9.69 Å². The fourth-order valence-electron chi connectivity index (χ4n) is 4.20. The number of hydrogen-bond donors (Lipinski definition) is 1. The molecule has 1 atom stereocenters. The summed E-state index contributed by atoms with van der Waals surface area (Å²) in [6, 6.07) is 16.4. The highest BCUT2D eigenvalue weighted by atomic mass is 32.1. The van der Waals surface area contributed by atoms with E-state index in [1.807, 2.05) is 17.5 Å². The Labute approximate surface area is 187 Å². The zero-order chi connectivity index (χ0) is 21.8. The zero-order valence-corrected chi connectivity index (χ0v) is 19.0. The van der Waals surface area contributed by atoms with Crippen LogP contribution in [0.25, 0.3) is 0 Å². The molecule has 162 valence electrons. The molecule has 1 amide bonds. The molecule has 0 radical (unpaired) electrons. The molecule has 1 N–H and O–H groups in total. The van der Waals surface area contributed by atoms with Gasteiger partial charge in [-0.1, -0.05) is 30.3 Å². The Balaban J connectivity index is 1.65. The monoisotopic (exact) mass is 436 g/mol. The number of aryl methyl sites for hydroxylation is 1. The molecule has 0 unspecified atom stereocenters. The molecule has 31 heavy (non-hydrogen) atoms. The largest absolute Gasteiger partial charge is 0.493 e. The van der Waals surface area contributed by atoms with Crippen molar-refractivity contribution in [3.63, 3.8) is 0 Å². The third-order valence-electron chi connectivity index (χ3n) is 5.95. The van der Waals surface area contributed by atoms with E-state index >= 15 is 0 Å². The van der Waals surface area contributed by atoms with Crippen LogP contribution < -0.4 is 14.8 Å². The van der Waals surface area contributed by atoms with Gasteiger partial charge in [0.25, 0.3) is 5.91 Å². The average Bonchev–Trinajstić information content (AvgIpc) is 3.33. The van der Waals surface area contributed by atoms with Crippen molar-refractivity contribution < 1.29 is 14.3 Å². The van der Waals surface area contributed by atoms with E-state index in [1.54, 1.807) is 14.2 Å². The topological polar surface area (TPSA) is 50.8 Å². The molecule has 4 rings (SSSR count). The lowest BCUT2D eigenvalue weighted by molar-refractivity contribution is 0.0929. The van der Waals surface area contributed by atoms with E-state index in [-0.39, 0.29) is 11.9 Å². The lowest BCUT2D eigenvalue weighted by atomic mass is 9.91. The van der Waals surface area contributed by atoms with E-state index in [9.17, 15) is 4.79 Å². The van der Waals surface area contributed by atoms with E-state index in [0.717, 1.165) is 30.1 Å². The molecule has 3 aromatic rings. The molecule has 1 aliphatic rings. The number of methoxy groups -OCH3 is 2. The summed E-state index contributed by atoms with van der Waals surface area (Å²) in [5, 5.41) is 5.07. The van der Waals surface area contributed by atoms with E-state index in [1.165, 1.54) is 33.6 Å². The molecule has 0 saturated heterocycles. The van der Waals surface area contributed by atoms with Crippen molar-refractivity contribution in [1.29, 1.82) is 0 Å². The minimum atomic E-state index is -0.0292. The standard InChI is InChI=1S/C25H28N2O3S/c1-17-7-4-5-8-19(17)16-27-11-10-18-13-22(29-2)23(30-3)14-20(18)21(27)15-26-25(28)24-9-6-12-31-24/h4-9,12-14,21H,10-11,15-16H2,1-3H3,(H,26,28)/t21-/m1/s1. The zero-order valence-electron chi connectivity index (χ0n) is 18.2. The summed E-state index contributed by atoms with van der Waals surface area (Å²) in [6.45, 7) is 4.43. The Morgan fingerprint density at radius 2 is 1.90 bits per heavy atom. The van der Waals surface area contributed by atoms with E-state index in [0.29, 0.717) is 12.3 Å². The molecular formula is C25H28N2O3S. The number of rotatable bonds is 7. The van der Waals surface area contributed by atoms with Crippen molar-refractivity contribution in [3.8, 4) is 11.5 Å². The van der Waals surface area contributed by atoms with Crippen LogP contribution in [-0.2, 0) is 13.0 Å². The Morgan fingerprint density at radius 3 is 2.61 bits per heavy atom. The van der Waals surface area contributed by atoms with Crippen molar-refractivity contribution in [3.05, 3.63) is 81.0 Å². The van der Waals surface area contributed by atoms with Crippen molar-refractivity contribution in [2.24, 2.45) is 0 Å². The molecule has 2 aromatic carbocycles. The minimum absolute atomic E-state index is 0.0292. The molecule has 5 nitrogen and oxygen atoms in total. The molecule has 1 aliphatic heterocycles. The highest BCUT2D eigenvalue weighted by molar-refractivity contribution is 7.12. The Morgan fingerprint density at radius 1 is 1.13 bits per heavy atom. The van der Waals surface area contributed by atoms with Gasteiger partial charge < -0.3 is 14.8 Å². The molecule has 1 aromatic heterocycles. The van der Waals surface area contributed by atoms with Gasteiger partial charge in [0.05, 0.1) is 25.1 Å². The van der Waals surface area contributed by atoms with Crippen LogP contribution in [0.3, 0.4) is 0 Å². The summed E-state index contributed by atoms with van der Waals surface area (Å²) in [4.78, 5) is 15.8. The summed E-state index contributed by atoms with van der Waals surface area (Å²) >= 11 is 1.46. The lowest BCUT2D eigenvalue weighted by Crippen LogP contribution is -2.41. The summed E-state index contributed by atoms with van der Waals surface area (Å²) in [7, 11) is 3.32. The van der Waals surface area contributed by atoms with Crippen LogP contribution in [-0.4, -0.2) is 38.1 Å². The van der Waals surface area contributed by atoms with Gasteiger partial charge in [-0.05, 0) is 59.2 Å². The fourth-order valence-corrected chi connectivity index (χ4v) is 4.84.